The van der Waals surface area contributed by atoms with Crippen LogP contribution in [0.2, 0.25) is 0 Å². The minimum absolute atomic E-state index is 0.528. The summed E-state index contributed by atoms with van der Waals surface area (Å²) < 4.78 is 0. The van der Waals surface area contributed by atoms with Gasteiger partial charge in [-0.1, -0.05) is 32.1 Å². The van der Waals surface area contributed by atoms with Crippen LogP contribution in [0.4, 0.5) is 0 Å². The molecule has 0 N–H and O–H groups in total. The van der Waals surface area contributed by atoms with Crippen molar-refractivity contribution in [2.75, 3.05) is 0 Å². The Morgan fingerprint density at radius 2 is 2.27 bits per heavy atom. The summed E-state index contributed by atoms with van der Waals surface area (Å²) >= 11 is 0. The van der Waals surface area contributed by atoms with E-state index in [0.29, 0.717) is 5.41 Å². The lowest BCUT2D eigenvalue weighted by Crippen LogP contribution is -2.20. The van der Waals surface area contributed by atoms with Crippen molar-refractivity contribution in [1.82, 2.24) is 0 Å². The van der Waals surface area contributed by atoms with E-state index in [9.17, 15) is 0 Å². The van der Waals surface area contributed by atoms with E-state index in [2.05, 4.69) is 38.2 Å². The number of hydrogen-bond acceptors (Lipinski definition) is 0. The fourth-order valence-electron chi connectivity index (χ4n) is 2.39. The minimum atomic E-state index is 0.528. The van der Waals surface area contributed by atoms with Crippen molar-refractivity contribution < 1.29 is 0 Å². The maximum absolute atomic E-state index is 3.19. The zero-order chi connectivity index (χ0) is 7.90. The molecule has 2 unspecified atom stereocenters. The molecule has 0 nitrogen and oxygen atoms in total. The van der Waals surface area contributed by atoms with Gasteiger partial charge < -0.3 is 0 Å². The number of allylic oxidation sites excluding steroid dienone is 4. The fraction of sp³-hybridized carbons (Fsp3) is 0.636. The topological polar surface area (TPSA) is 0 Å². The second kappa shape index (κ2) is 2.23. The highest BCUT2D eigenvalue weighted by Gasteiger charge is 2.39. The highest BCUT2D eigenvalue weighted by Crippen LogP contribution is 2.48. The SMILES string of the molecule is CC1(C)CCC2C=[C]C=CC21. The zero-order valence-corrected chi connectivity index (χ0v) is 7.30. The van der Waals surface area contributed by atoms with Crippen LogP contribution in [0.3, 0.4) is 0 Å². The predicted octanol–water partition coefficient (Wildman–Crippen LogP) is 2.97. The minimum Gasteiger partial charge on any atom is -0.0797 e. The number of fused-ring (bicyclic) bond motifs is 1. The van der Waals surface area contributed by atoms with Crippen molar-refractivity contribution in [1.29, 1.82) is 0 Å². The molecule has 1 fully saturated rings. The molecule has 2 atom stereocenters. The third kappa shape index (κ3) is 1.05. The van der Waals surface area contributed by atoms with E-state index in [1.807, 2.05) is 0 Å². The second-order valence-electron chi connectivity index (χ2n) is 4.41. The first kappa shape index (κ1) is 7.15. The van der Waals surface area contributed by atoms with Crippen molar-refractivity contribution >= 4 is 0 Å². The van der Waals surface area contributed by atoms with Crippen LogP contribution in [0.25, 0.3) is 0 Å². The molecule has 0 aliphatic heterocycles. The Bertz CT molecular complexity index is 208. The van der Waals surface area contributed by atoms with Gasteiger partial charge in [0, 0.05) is 0 Å². The standard InChI is InChI=1S/C11H15/c1-11(2)8-7-9-5-3-4-6-10(9)11/h4-6,9-10H,7-8H2,1-2H3. The molecule has 0 heteroatoms. The Kier molecular flexibility index (Phi) is 1.45. The van der Waals surface area contributed by atoms with Gasteiger partial charge in [-0.2, -0.15) is 0 Å². The van der Waals surface area contributed by atoms with Gasteiger partial charge in [-0.15, -0.1) is 0 Å². The van der Waals surface area contributed by atoms with Gasteiger partial charge in [0.25, 0.3) is 0 Å². The monoisotopic (exact) mass is 147 g/mol. The summed E-state index contributed by atoms with van der Waals surface area (Å²) in [5.41, 5.74) is 0.528. The van der Waals surface area contributed by atoms with E-state index in [-0.39, 0.29) is 0 Å². The fourth-order valence-corrected chi connectivity index (χ4v) is 2.39. The van der Waals surface area contributed by atoms with Crippen molar-refractivity contribution in [3.63, 3.8) is 0 Å². The highest BCUT2D eigenvalue weighted by molar-refractivity contribution is 5.15. The molecule has 1 radical (unpaired) electrons. The van der Waals surface area contributed by atoms with Crippen LogP contribution in [-0.2, 0) is 0 Å². The molecular formula is C11H15. The van der Waals surface area contributed by atoms with Crippen LogP contribution in [0.15, 0.2) is 18.2 Å². The third-order valence-corrected chi connectivity index (χ3v) is 3.20. The Hall–Kier alpha value is -0.520. The van der Waals surface area contributed by atoms with Crippen LogP contribution < -0.4 is 0 Å². The third-order valence-electron chi connectivity index (χ3n) is 3.20. The largest absolute Gasteiger partial charge is 0.0797 e. The maximum atomic E-state index is 3.19. The van der Waals surface area contributed by atoms with Crippen LogP contribution in [0, 0.1) is 23.3 Å². The van der Waals surface area contributed by atoms with Gasteiger partial charge in [0.2, 0.25) is 0 Å². The predicted molar refractivity (Wildman–Crippen MR) is 46.9 cm³/mol. The summed E-state index contributed by atoms with van der Waals surface area (Å²) in [5, 5.41) is 0. The van der Waals surface area contributed by atoms with E-state index < -0.39 is 0 Å². The number of hydrogen-bond donors (Lipinski definition) is 0. The maximum Gasteiger partial charge on any atom is -0.0115 e. The molecule has 2 aliphatic rings. The van der Waals surface area contributed by atoms with Crippen molar-refractivity contribution in [2.24, 2.45) is 17.3 Å². The molecule has 0 spiro atoms. The van der Waals surface area contributed by atoms with Gasteiger partial charge in [-0.25, -0.2) is 0 Å². The average molecular weight is 147 g/mol. The van der Waals surface area contributed by atoms with Crippen LogP contribution in [0.5, 0.6) is 0 Å². The van der Waals surface area contributed by atoms with Crippen LogP contribution >= 0.6 is 0 Å². The molecule has 2 rings (SSSR count). The van der Waals surface area contributed by atoms with E-state index in [1.54, 1.807) is 0 Å². The number of rotatable bonds is 0. The molecule has 2 aliphatic carbocycles. The summed E-state index contributed by atoms with van der Waals surface area (Å²) in [6.45, 7) is 4.75. The normalized spacial score (nSPS) is 39.1. The smallest absolute Gasteiger partial charge is 0.0115 e. The summed E-state index contributed by atoms with van der Waals surface area (Å²) in [4.78, 5) is 0. The lowest BCUT2D eigenvalue weighted by Gasteiger charge is -2.27. The molecule has 11 heavy (non-hydrogen) atoms. The molecule has 0 bridgehead atoms. The molecule has 0 heterocycles. The molecule has 0 aromatic rings. The first-order valence-electron chi connectivity index (χ1n) is 4.46. The lowest BCUT2D eigenvalue weighted by atomic mass is 9.77. The molecule has 1 saturated carbocycles. The van der Waals surface area contributed by atoms with Crippen molar-refractivity contribution in [3.05, 3.63) is 24.3 Å². The van der Waals surface area contributed by atoms with E-state index in [4.69, 9.17) is 0 Å². The Morgan fingerprint density at radius 3 is 3.00 bits per heavy atom. The lowest BCUT2D eigenvalue weighted by molar-refractivity contribution is 0.288. The zero-order valence-electron chi connectivity index (χ0n) is 7.30. The molecule has 59 valence electrons. The van der Waals surface area contributed by atoms with E-state index in [1.165, 1.54) is 12.8 Å². The van der Waals surface area contributed by atoms with Crippen LogP contribution in [-0.4, -0.2) is 0 Å². The molecule has 0 aromatic carbocycles. The second-order valence-corrected chi connectivity index (χ2v) is 4.41. The van der Waals surface area contributed by atoms with Gasteiger partial charge in [0.05, 0.1) is 0 Å². The van der Waals surface area contributed by atoms with E-state index in [0.717, 1.165) is 11.8 Å². The first-order valence-corrected chi connectivity index (χ1v) is 4.46. The summed E-state index contributed by atoms with van der Waals surface area (Å²) in [7, 11) is 0. The van der Waals surface area contributed by atoms with Gasteiger partial charge in [0.1, 0.15) is 0 Å². The summed E-state index contributed by atoms with van der Waals surface area (Å²) in [6, 6.07) is 0. The van der Waals surface area contributed by atoms with Gasteiger partial charge in [0.15, 0.2) is 0 Å². The molecule has 0 saturated heterocycles. The van der Waals surface area contributed by atoms with Crippen LogP contribution in [0.1, 0.15) is 26.7 Å². The first-order chi connectivity index (χ1) is 5.20. The highest BCUT2D eigenvalue weighted by atomic mass is 14.4. The Morgan fingerprint density at radius 1 is 1.45 bits per heavy atom. The van der Waals surface area contributed by atoms with Crippen molar-refractivity contribution in [2.45, 2.75) is 26.7 Å². The Balaban J connectivity index is 2.26. The van der Waals surface area contributed by atoms with Gasteiger partial charge in [-0.3, -0.25) is 0 Å². The summed E-state index contributed by atoms with van der Waals surface area (Å²) in [5.74, 6) is 1.57. The quantitative estimate of drug-likeness (QED) is 0.494. The van der Waals surface area contributed by atoms with Gasteiger partial charge >= 0.3 is 0 Å². The van der Waals surface area contributed by atoms with Crippen molar-refractivity contribution in [3.8, 4) is 0 Å². The molecular weight excluding hydrogens is 132 g/mol. The average Bonchev–Trinajstić information content (AvgIpc) is 2.29. The summed E-state index contributed by atoms with van der Waals surface area (Å²) in [6.07, 6.45) is 12.6. The Labute approximate surface area is 69.0 Å². The molecule has 0 amide bonds. The van der Waals surface area contributed by atoms with Gasteiger partial charge in [-0.05, 0) is 36.2 Å². The molecule has 0 aromatic heterocycles. The van der Waals surface area contributed by atoms with E-state index >= 15 is 0 Å².